The number of thiol groups is 1. The van der Waals surface area contributed by atoms with E-state index < -0.39 is 16.6 Å². The molecule has 8 nitrogen and oxygen atoms in total. The molecule has 0 aliphatic heterocycles. The molecule has 2 heterocycles. The van der Waals surface area contributed by atoms with Crippen molar-refractivity contribution >= 4 is 22.3 Å². The molecule has 0 aliphatic rings. The van der Waals surface area contributed by atoms with Gasteiger partial charge < -0.3 is 14.5 Å². The molecule has 1 aromatic carbocycles. The SMILES string of the molecule is COc1ncc(NC(=O)c2coc(-c3ccccc3)n2)cc1[SH](=O)=O. The number of amides is 1. The maximum atomic E-state index is 12.3. The average Bonchev–Trinajstić information content (AvgIpc) is 3.12. The molecule has 3 rings (SSSR count). The Morgan fingerprint density at radius 3 is 2.68 bits per heavy atom. The highest BCUT2D eigenvalue weighted by molar-refractivity contribution is 7.72. The molecule has 0 fully saturated rings. The van der Waals surface area contributed by atoms with Gasteiger partial charge in [-0.25, -0.2) is 18.4 Å². The van der Waals surface area contributed by atoms with Gasteiger partial charge in [0.05, 0.1) is 19.0 Å². The summed E-state index contributed by atoms with van der Waals surface area (Å²) in [5, 5.41) is 2.52. The summed E-state index contributed by atoms with van der Waals surface area (Å²) < 4.78 is 32.6. The topological polar surface area (TPSA) is 111 Å². The normalized spacial score (nSPS) is 10.6. The molecule has 1 amide bonds. The van der Waals surface area contributed by atoms with E-state index in [9.17, 15) is 13.2 Å². The molecule has 0 aliphatic carbocycles. The zero-order valence-corrected chi connectivity index (χ0v) is 13.9. The molecule has 128 valence electrons. The van der Waals surface area contributed by atoms with Gasteiger partial charge >= 0.3 is 0 Å². The van der Waals surface area contributed by atoms with Crippen LogP contribution < -0.4 is 10.1 Å². The van der Waals surface area contributed by atoms with Crippen LogP contribution in [0.1, 0.15) is 10.5 Å². The lowest BCUT2D eigenvalue weighted by atomic mass is 10.2. The monoisotopic (exact) mass is 359 g/mol. The van der Waals surface area contributed by atoms with Crippen molar-refractivity contribution in [3.8, 4) is 17.3 Å². The maximum Gasteiger partial charge on any atom is 0.277 e. The number of hydrogen-bond donors (Lipinski definition) is 2. The molecular weight excluding hydrogens is 346 g/mol. The van der Waals surface area contributed by atoms with Crippen LogP contribution in [0.5, 0.6) is 5.88 Å². The van der Waals surface area contributed by atoms with Crippen molar-refractivity contribution < 1.29 is 22.4 Å². The number of methoxy groups -OCH3 is 1. The van der Waals surface area contributed by atoms with Crippen molar-refractivity contribution in [3.05, 3.63) is 54.6 Å². The lowest BCUT2D eigenvalue weighted by Gasteiger charge is -2.06. The van der Waals surface area contributed by atoms with E-state index in [2.05, 4.69) is 15.3 Å². The van der Waals surface area contributed by atoms with Crippen molar-refractivity contribution in [2.24, 2.45) is 0 Å². The number of aromatic nitrogens is 2. The van der Waals surface area contributed by atoms with Crippen LogP contribution in [0.15, 0.2) is 58.2 Å². The molecule has 0 bridgehead atoms. The summed E-state index contributed by atoms with van der Waals surface area (Å²) in [6.45, 7) is 0. The highest BCUT2D eigenvalue weighted by atomic mass is 32.2. The Kier molecular flexibility index (Phi) is 4.75. The third-order valence-electron chi connectivity index (χ3n) is 3.24. The van der Waals surface area contributed by atoms with Crippen molar-refractivity contribution in [3.63, 3.8) is 0 Å². The predicted octanol–water partition coefficient (Wildman–Crippen LogP) is 1.97. The first-order valence-electron chi connectivity index (χ1n) is 7.09. The summed E-state index contributed by atoms with van der Waals surface area (Å²) in [5.74, 6) is -0.284. The van der Waals surface area contributed by atoms with E-state index in [0.29, 0.717) is 5.89 Å². The molecule has 0 saturated heterocycles. The Morgan fingerprint density at radius 2 is 2.00 bits per heavy atom. The first-order valence-corrected chi connectivity index (χ1v) is 8.27. The smallest absolute Gasteiger partial charge is 0.277 e. The van der Waals surface area contributed by atoms with Crippen LogP contribution in [0.2, 0.25) is 0 Å². The predicted molar refractivity (Wildman–Crippen MR) is 89.3 cm³/mol. The van der Waals surface area contributed by atoms with E-state index in [4.69, 9.17) is 9.15 Å². The van der Waals surface area contributed by atoms with Crippen LogP contribution >= 0.6 is 0 Å². The summed E-state index contributed by atoms with van der Waals surface area (Å²) in [6, 6.07) is 10.4. The van der Waals surface area contributed by atoms with Crippen molar-refractivity contribution in [1.82, 2.24) is 9.97 Å². The van der Waals surface area contributed by atoms with Crippen molar-refractivity contribution in [2.45, 2.75) is 4.90 Å². The van der Waals surface area contributed by atoms with E-state index in [-0.39, 0.29) is 22.2 Å². The molecule has 0 radical (unpaired) electrons. The zero-order chi connectivity index (χ0) is 17.8. The quantitative estimate of drug-likeness (QED) is 0.670. The van der Waals surface area contributed by atoms with Crippen LogP contribution in [0.4, 0.5) is 5.69 Å². The minimum absolute atomic E-state index is 0.0399. The van der Waals surface area contributed by atoms with Crippen LogP contribution in [0, 0.1) is 0 Å². The Morgan fingerprint density at radius 1 is 1.24 bits per heavy atom. The molecule has 0 atom stereocenters. The van der Waals surface area contributed by atoms with Crippen LogP contribution in [-0.2, 0) is 10.7 Å². The molecule has 0 spiro atoms. The molecule has 2 aromatic heterocycles. The number of benzene rings is 1. The number of ether oxygens (including phenoxy) is 1. The van der Waals surface area contributed by atoms with Gasteiger partial charge in [-0.3, -0.25) is 4.79 Å². The van der Waals surface area contributed by atoms with E-state index in [1.807, 2.05) is 18.2 Å². The number of hydrogen-bond acceptors (Lipinski definition) is 7. The standard InChI is InChI=1S/C16H13N3O5S/c1-23-16-13(25(21)22)7-11(8-17-16)18-14(20)12-9-24-15(19-12)10-5-3-2-4-6-10/h2-9,25H,1H3,(H,18,20). The highest BCUT2D eigenvalue weighted by Gasteiger charge is 2.15. The highest BCUT2D eigenvalue weighted by Crippen LogP contribution is 2.22. The lowest BCUT2D eigenvalue weighted by molar-refractivity contribution is 0.102. The number of carbonyl (C=O) groups excluding carboxylic acids is 1. The van der Waals surface area contributed by atoms with Crippen LogP contribution in [-0.4, -0.2) is 31.4 Å². The first kappa shape index (κ1) is 16.7. The first-order chi connectivity index (χ1) is 12.1. The third-order valence-corrected chi connectivity index (χ3v) is 3.95. The molecule has 0 saturated carbocycles. The fourth-order valence-corrected chi connectivity index (χ4v) is 2.63. The van der Waals surface area contributed by atoms with Gasteiger partial charge in [-0.2, -0.15) is 0 Å². The molecule has 9 heteroatoms. The molecular formula is C16H13N3O5S. The number of rotatable bonds is 5. The Hall–Kier alpha value is -3.20. The number of nitrogens with zero attached hydrogens (tertiary/aromatic N) is 2. The fourth-order valence-electron chi connectivity index (χ4n) is 2.08. The summed E-state index contributed by atoms with van der Waals surface area (Å²) >= 11 is 0. The molecule has 0 unspecified atom stereocenters. The van der Waals surface area contributed by atoms with Gasteiger partial charge in [-0.05, 0) is 18.2 Å². The largest absolute Gasteiger partial charge is 0.480 e. The average molecular weight is 359 g/mol. The van der Waals surface area contributed by atoms with Gasteiger partial charge in [-0.15, -0.1) is 0 Å². The summed E-state index contributed by atoms with van der Waals surface area (Å²) in [6.07, 6.45) is 2.51. The number of oxazole rings is 1. The van der Waals surface area contributed by atoms with Gasteiger partial charge in [0.1, 0.15) is 11.2 Å². The number of nitrogens with one attached hydrogen (secondary N) is 1. The molecule has 25 heavy (non-hydrogen) atoms. The van der Waals surface area contributed by atoms with E-state index in [1.165, 1.54) is 25.6 Å². The minimum Gasteiger partial charge on any atom is -0.480 e. The summed E-state index contributed by atoms with van der Waals surface area (Å²) in [5.41, 5.74) is 0.991. The van der Waals surface area contributed by atoms with E-state index in [1.54, 1.807) is 12.1 Å². The molecule has 3 aromatic rings. The third kappa shape index (κ3) is 3.66. The maximum absolute atomic E-state index is 12.3. The van der Waals surface area contributed by atoms with Gasteiger partial charge in [0.15, 0.2) is 16.4 Å². The minimum atomic E-state index is -2.92. The second-order valence-corrected chi connectivity index (χ2v) is 5.86. The van der Waals surface area contributed by atoms with Crippen LogP contribution in [0.25, 0.3) is 11.5 Å². The summed E-state index contributed by atoms with van der Waals surface area (Å²) in [4.78, 5) is 20.1. The van der Waals surface area contributed by atoms with Crippen molar-refractivity contribution in [2.75, 3.05) is 12.4 Å². The lowest BCUT2D eigenvalue weighted by Crippen LogP contribution is -2.13. The van der Waals surface area contributed by atoms with E-state index >= 15 is 0 Å². The Bertz CT molecular complexity index is 974. The van der Waals surface area contributed by atoms with Gasteiger partial charge in [-0.1, -0.05) is 18.2 Å². The van der Waals surface area contributed by atoms with Gasteiger partial charge in [0.2, 0.25) is 11.8 Å². The Balaban J connectivity index is 1.81. The number of anilines is 1. The Labute approximate surface area is 144 Å². The second-order valence-electron chi connectivity index (χ2n) is 4.87. The zero-order valence-electron chi connectivity index (χ0n) is 13.0. The second kappa shape index (κ2) is 7.14. The van der Waals surface area contributed by atoms with Gasteiger partial charge in [0.25, 0.3) is 5.91 Å². The number of pyridine rings is 1. The molecule has 1 N–H and O–H groups in total. The van der Waals surface area contributed by atoms with Crippen molar-refractivity contribution in [1.29, 1.82) is 0 Å². The fraction of sp³-hybridized carbons (Fsp3) is 0.0625. The summed E-state index contributed by atoms with van der Waals surface area (Å²) in [7, 11) is -1.61. The van der Waals surface area contributed by atoms with Crippen LogP contribution in [0.3, 0.4) is 0 Å². The van der Waals surface area contributed by atoms with Gasteiger partial charge in [0, 0.05) is 5.56 Å². The van der Waals surface area contributed by atoms with E-state index in [0.717, 1.165) is 5.56 Å². The number of carbonyl (C=O) groups is 1.